The van der Waals surface area contributed by atoms with E-state index in [4.69, 9.17) is 0 Å². The molecule has 0 fully saturated rings. The highest BCUT2D eigenvalue weighted by atomic mass is 79.9. The van der Waals surface area contributed by atoms with E-state index >= 15 is 0 Å². The molecule has 0 aliphatic carbocycles. The van der Waals surface area contributed by atoms with Crippen molar-refractivity contribution in [3.63, 3.8) is 0 Å². The number of nitrogens with zero attached hydrogens (tertiary/aromatic N) is 1. The van der Waals surface area contributed by atoms with E-state index in [0.717, 1.165) is 4.47 Å². The molecule has 6 heteroatoms. The normalized spacial score (nSPS) is 12.3. The number of nitrogens with one attached hydrogen (secondary N) is 1. The first-order valence-corrected chi connectivity index (χ1v) is 7.75. The lowest BCUT2D eigenvalue weighted by atomic mass is 10.0. The SMILES string of the molecule is CC(C)CC(NC(=O)c1sccc1Br)C(=O)N(C)C. The van der Waals surface area contributed by atoms with Gasteiger partial charge in [0.2, 0.25) is 5.91 Å². The van der Waals surface area contributed by atoms with Crippen LogP contribution in [0, 0.1) is 5.92 Å². The van der Waals surface area contributed by atoms with E-state index < -0.39 is 6.04 Å². The van der Waals surface area contributed by atoms with Gasteiger partial charge in [-0.15, -0.1) is 11.3 Å². The Balaban J connectivity index is 2.80. The van der Waals surface area contributed by atoms with Crippen LogP contribution in [0.5, 0.6) is 0 Å². The van der Waals surface area contributed by atoms with E-state index in [0.29, 0.717) is 17.2 Å². The van der Waals surface area contributed by atoms with Gasteiger partial charge in [-0.25, -0.2) is 0 Å². The van der Waals surface area contributed by atoms with Crippen LogP contribution in [0.3, 0.4) is 0 Å². The maximum absolute atomic E-state index is 12.1. The first kappa shape index (κ1) is 16.2. The van der Waals surface area contributed by atoms with Crippen LogP contribution in [0.1, 0.15) is 29.9 Å². The molecule has 1 heterocycles. The molecule has 19 heavy (non-hydrogen) atoms. The number of halogens is 1. The molecular weight excluding hydrogens is 328 g/mol. The van der Waals surface area contributed by atoms with Crippen molar-refractivity contribution in [3.8, 4) is 0 Å². The Morgan fingerprint density at radius 1 is 1.42 bits per heavy atom. The number of hydrogen-bond donors (Lipinski definition) is 1. The Labute approximate surface area is 126 Å². The smallest absolute Gasteiger partial charge is 0.263 e. The summed E-state index contributed by atoms with van der Waals surface area (Å²) in [5.74, 6) is 0.0541. The Hall–Kier alpha value is -0.880. The molecule has 106 valence electrons. The van der Waals surface area contributed by atoms with Crippen molar-refractivity contribution in [3.05, 3.63) is 20.8 Å². The molecule has 0 bridgehead atoms. The zero-order valence-electron chi connectivity index (χ0n) is 11.6. The minimum Gasteiger partial charge on any atom is -0.347 e. The third kappa shape index (κ3) is 4.62. The van der Waals surface area contributed by atoms with Gasteiger partial charge in [-0.2, -0.15) is 0 Å². The molecule has 1 atom stereocenters. The average molecular weight is 347 g/mol. The summed E-state index contributed by atoms with van der Waals surface area (Å²) < 4.78 is 0.760. The maximum atomic E-state index is 12.1. The zero-order valence-corrected chi connectivity index (χ0v) is 14.0. The molecule has 2 amide bonds. The summed E-state index contributed by atoms with van der Waals surface area (Å²) in [6.45, 7) is 4.06. The molecule has 0 spiro atoms. The molecule has 0 aliphatic heterocycles. The van der Waals surface area contributed by atoms with Crippen molar-refractivity contribution in [2.75, 3.05) is 14.1 Å². The molecule has 0 saturated carbocycles. The van der Waals surface area contributed by atoms with Crippen molar-refractivity contribution in [2.24, 2.45) is 5.92 Å². The highest BCUT2D eigenvalue weighted by molar-refractivity contribution is 9.10. The quantitative estimate of drug-likeness (QED) is 0.890. The first-order chi connectivity index (χ1) is 8.82. The van der Waals surface area contributed by atoms with Crippen LogP contribution in [0.25, 0.3) is 0 Å². The van der Waals surface area contributed by atoms with Gasteiger partial charge in [0.15, 0.2) is 0 Å². The molecule has 1 rings (SSSR count). The van der Waals surface area contributed by atoms with Gasteiger partial charge in [-0.05, 0) is 39.7 Å². The fourth-order valence-corrected chi connectivity index (χ4v) is 3.14. The monoisotopic (exact) mass is 346 g/mol. The Morgan fingerprint density at radius 2 is 2.05 bits per heavy atom. The average Bonchev–Trinajstić information content (AvgIpc) is 2.72. The highest BCUT2D eigenvalue weighted by Gasteiger charge is 2.24. The van der Waals surface area contributed by atoms with Crippen LogP contribution in [-0.4, -0.2) is 36.9 Å². The van der Waals surface area contributed by atoms with Crippen molar-refractivity contribution < 1.29 is 9.59 Å². The van der Waals surface area contributed by atoms with Gasteiger partial charge in [-0.1, -0.05) is 13.8 Å². The number of likely N-dealkylation sites (N-methyl/N-ethyl adjacent to an activating group) is 1. The summed E-state index contributed by atoms with van der Waals surface area (Å²) in [5.41, 5.74) is 0. The Morgan fingerprint density at radius 3 is 2.47 bits per heavy atom. The lowest BCUT2D eigenvalue weighted by Crippen LogP contribution is -2.46. The van der Waals surface area contributed by atoms with Gasteiger partial charge < -0.3 is 10.2 Å². The van der Waals surface area contributed by atoms with Crippen LogP contribution in [0.2, 0.25) is 0 Å². The van der Waals surface area contributed by atoms with Gasteiger partial charge in [0, 0.05) is 18.6 Å². The van der Waals surface area contributed by atoms with Crippen molar-refractivity contribution in [1.29, 1.82) is 0 Å². The first-order valence-electron chi connectivity index (χ1n) is 6.08. The molecule has 1 aromatic heterocycles. The Kier molecular flexibility index (Phi) is 6.00. The van der Waals surface area contributed by atoms with E-state index in [9.17, 15) is 9.59 Å². The molecule has 0 saturated heterocycles. The molecule has 0 radical (unpaired) electrons. The number of hydrogen-bond acceptors (Lipinski definition) is 3. The van der Waals surface area contributed by atoms with Crippen LogP contribution in [-0.2, 0) is 4.79 Å². The summed E-state index contributed by atoms with van der Waals surface area (Å²) >= 11 is 4.68. The van der Waals surface area contributed by atoms with E-state index in [2.05, 4.69) is 21.2 Å². The minimum absolute atomic E-state index is 0.0743. The largest absolute Gasteiger partial charge is 0.347 e. The number of carbonyl (C=O) groups is 2. The third-order valence-corrected chi connectivity index (χ3v) is 4.41. The summed E-state index contributed by atoms with van der Waals surface area (Å²) in [6.07, 6.45) is 0.631. The predicted octanol–water partition coefficient (Wildman–Crippen LogP) is 2.74. The summed E-state index contributed by atoms with van der Waals surface area (Å²) in [6, 6.07) is 1.35. The second-order valence-corrected chi connectivity index (χ2v) is 6.76. The second kappa shape index (κ2) is 7.05. The van der Waals surface area contributed by atoms with Gasteiger partial charge in [0.05, 0.1) is 0 Å². The summed E-state index contributed by atoms with van der Waals surface area (Å²) in [4.78, 5) is 26.3. The molecule has 1 aromatic rings. The van der Waals surface area contributed by atoms with Crippen LogP contribution < -0.4 is 5.32 Å². The number of rotatable bonds is 5. The fourth-order valence-electron chi connectivity index (χ4n) is 1.68. The molecule has 4 nitrogen and oxygen atoms in total. The molecule has 1 N–H and O–H groups in total. The van der Waals surface area contributed by atoms with E-state index in [-0.39, 0.29) is 11.8 Å². The van der Waals surface area contributed by atoms with Gasteiger partial charge in [-0.3, -0.25) is 9.59 Å². The highest BCUT2D eigenvalue weighted by Crippen LogP contribution is 2.22. The summed E-state index contributed by atoms with van der Waals surface area (Å²) in [7, 11) is 3.39. The third-order valence-electron chi connectivity index (χ3n) is 2.57. The molecular formula is C13H19BrN2O2S. The zero-order chi connectivity index (χ0) is 14.6. The van der Waals surface area contributed by atoms with Crippen LogP contribution in [0.15, 0.2) is 15.9 Å². The van der Waals surface area contributed by atoms with Gasteiger partial charge >= 0.3 is 0 Å². The number of carbonyl (C=O) groups excluding carboxylic acids is 2. The minimum atomic E-state index is -0.475. The predicted molar refractivity (Wildman–Crippen MR) is 81.4 cm³/mol. The van der Waals surface area contributed by atoms with Crippen LogP contribution >= 0.6 is 27.3 Å². The van der Waals surface area contributed by atoms with Crippen molar-refractivity contribution >= 4 is 39.1 Å². The second-order valence-electron chi connectivity index (χ2n) is 4.99. The number of thiophene rings is 1. The van der Waals surface area contributed by atoms with Gasteiger partial charge in [0.1, 0.15) is 10.9 Å². The van der Waals surface area contributed by atoms with E-state index in [1.54, 1.807) is 14.1 Å². The topological polar surface area (TPSA) is 49.4 Å². The number of amides is 2. The molecule has 0 aromatic carbocycles. The van der Waals surface area contributed by atoms with Gasteiger partial charge in [0.25, 0.3) is 5.91 Å². The summed E-state index contributed by atoms with van der Waals surface area (Å²) in [5, 5.41) is 4.66. The Bertz CT molecular complexity index is 457. The maximum Gasteiger partial charge on any atom is 0.263 e. The fraction of sp³-hybridized carbons (Fsp3) is 0.538. The standard InChI is InChI=1S/C13H19BrN2O2S/c1-8(2)7-10(13(18)16(3)4)15-12(17)11-9(14)5-6-19-11/h5-6,8,10H,7H2,1-4H3,(H,15,17). The van der Waals surface area contributed by atoms with Crippen LogP contribution in [0.4, 0.5) is 0 Å². The van der Waals surface area contributed by atoms with Crippen molar-refractivity contribution in [2.45, 2.75) is 26.3 Å². The van der Waals surface area contributed by atoms with E-state index in [1.807, 2.05) is 25.3 Å². The van der Waals surface area contributed by atoms with Crippen molar-refractivity contribution in [1.82, 2.24) is 10.2 Å². The lowest BCUT2D eigenvalue weighted by molar-refractivity contribution is -0.131. The molecule has 0 aliphatic rings. The van der Waals surface area contributed by atoms with E-state index in [1.165, 1.54) is 16.2 Å². The molecule has 1 unspecified atom stereocenters. The lowest BCUT2D eigenvalue weighted by Gasteiger charge is -2.23.